The second-order valence-corrected chi connectivity index (χ2v) is 6.66. The van der Waals surface area contributed by atoms with E-state index in [1.807, 2.05) is 24.3 Å². The molecule has 0 aliphatic rings. The molecule has 0 saturated carbocycles. The average Bonchev–Trinajstić information content (AvgIpc) is 2.67. The van der Waals surface area contributed by atoms with Gasteiger partial charge in [-0.3, -0.25) is 4.79 Å². The Balaban J connectivity index is 1.66. The van der Waals surface area contributed by atoms with Crippen molar-refractivity contribution in [1.29, 1.82) is 0 Å². The number of phenolic OH excluding ortho intramolecular Hbond substituents is 1. The number of hydrogen-bond donors (Lipinski definition) is 4. The van der Waals surface area contributed by atoms with Crippen molar-refractivity contribution in [2.24, 2.45) is 0 Å². The molecule has 0 bridgehead atoms. The summed E-state index contributed by atoms with van der Waals surface area (Å²) in [5.74, 6) is 0.812. The Kier molecular flexibility index (Phi) is 5.78. The van der Waals surface area contributed by atoms with Crippen LogP contribution in [0.4, 0.5) is 0 Å². The molecule has 0 aliphatic heterocycles. The number of aromatic amines is 1. The van der Waals surface area contributed by atoms with Gasteiger partial charge < -0.3 is 25.3 Å². The van der Waals surface area contributed by atoms with Crippen LogP contribution < -0.4 is 15.6 Å². The third kappa shape index (κ3) is 4.48. The van der Waals surface area contributed by atoms with Crippen LogP contribution in [0.5, 0.6) is 11.5 Å². The predicted octanol–water partition coefficient (Wildman–Crippen LogP) is 2.50. The summed E-state index contributed by atoms with van der Waals surface area (Å²) in [5, 5.41) is 24.5. The molecule has 0 fully saturated rings. The van der Waals surface area contributed by atoms with Crippen LogP contribution in [-0.4, -0.2) is 34.9 Å². The molecule has 0 amide bonds. The summed E-state index contributed by atoms with van der Waals surface area (Å²) < 4.78 is 5.16. The number of fused-ring (bicyclic) bond motifs is 1. The SMILES string of the molecule is COc1ccc(C[C@H](C)NC[C@@H](O)c2ccc(O)c3[nH]c(=O)ccc23)cc1. The lowest BCUT2D eigenvalue weighted by Crippen LogP contribution is -2.32. The second-order valence-electron chi connectivity index (χ2n) is 6.66. The van der Waals surface area contributed by atoms with E-state index in [1.165, 1.54) is 17.7 Å². The Morgan fingerprint density at radius 1 is 1.11 bits per heavy atom. The Bertz CT molecular complexity index is 966. The molecule has 0 radical (unpaired) electrons. The van der Waals surface area contributed by atoms with E-state index < -0.39 is 6.10 Å². The van der Waals surface area contributed by atoms with E-state index in [2.05, 4.69) is 17.2 Å². The largest absolute Gasteiger partial charge is 0.506 e. The number of ether oxygens (including phenoxy) is 1. The maximum atomic E-state index is 11.5. The Hall–Kier alpha value is -2.83. The molecule has 6 nitrogen and oxygen atoms in total. The maximum absolute atomic E-state index is 11.5. The number of phenols is 1. The van der Waals surface area contributed by atoms with Crippen molar-refractivity contribution < 1.29 is 14.9 Å². The van der Waals surface area contributed by atoms with Crippen molar-refractivity contribution in [3.63, 3.8) is 0 Å². The van der Waals surface area contributed by atoms with Gasteiger partial charge in [-0.2, -0.15) is 0 Å². The molecule has 2 aromatic carbocycles. The quantitative estimate of drug-likeness (QED) is 0.514. The summed E-state index contributed by atoms with van der Waals surface area (Å²) in [7, 11) is 1.64. The Morgan fingerprint density at radius 2 is 1.85 bits per heavy atom. The lowest BCUT2D eigenvalue weighted by Gasteiger charge is -2.19. The zero-order valence-electron chi connectivity index (χ0n) is 15.4. The van der Waals surface area contributed by atoms with Crippen LogP contribution in [0.25, 0.3) is 10.9 Å². The predicted molar refractivity (Wildman–Crippen MR) is 105 cm³/mol. The van der Waals surface area contributed by atoms with Crippen molar-refractivity contribution in [1.82, 2.24) is 10.3 Å². The number of rotatable bonds is 7. The molecular formula is C21H24N2O4. The van der Waals surface area contributed by atoms with E-state index in [1.54, 1.807) is 19.2 Å². The highest BCUT2D eigenvalue weighted by atomic mass is 16.5. The van der Waals surface area contributed by atoms with Crippen molar-refractivity contribution in [2.45, 2.75) is 25.5 Å². The first-order valence-electron chi connectivity index (χ1n) is 8.87. The smallest absolute Gasteiger partial charge is 0.248 e. The normalized spacial score (nSPS) is 13.4. The highest BCUT2D eigenvalue weighted by Crippen LogP contribution is 2.28. The minimum absolute atomic E-state index is 0.0144. The van der Waals surface area contributed by atoms with E-state index in [4.69, 9.17) is 4.74 Å². The molecule has 4 N–H and O–H groups in total. The lowest BCUT2D eigenvalue weighted by molar-refractivity contribution is 0.172. The van der Waals surface area contributed by atoms with Gasteiger partial charge in [0.25, 0.3) is 0 Å². The molecule has 0 aliphatic carbocycles. The molecular weight excluding hydrogens is 344 g/mol. The maximum Gasteiger partial charge on any atom is 0.248 e. The number of methoxy groups -OCH3 is 1. The van der Waals surface area contributed by atoms with Gasteiger partial charge in [-0.25, -0.2) is 0 Å². The summed E-state index contributed by atoms with van der Waals surface area (Å²) in [4.78, 5) is 14.1. The minimum atomic E-state index is -0.766. The summed E-state index contributed by atoms with van der Waals surface area (Å²) in [6.45, 7) is 2.42. The fraction of sp³-hybridized carbons (Fsp3) is 0.286. The third-order valence-corrected chi connectivity index (χ3v) is 4.63. The lowest BCUT2D eigenvalue weighted by atomic mass is 10.0. The van der Waals surface area contributed by atoms with Crippen LogP contribution in [-0.2, 0) is 6.42 Å². The van der Waals surface area contributed by atoms with Crippen molar-refractivity contribution >= 4 is 10.9 Å². The first kappa shape index (κ1) is 18.9. The molecule has 0 saturated heterocycles. The van der Waals surface area contributed by atoms with Gasteiger partial charge in [-0.05, 0) is 48.7 Å². The van der Waals surface area contributed by atoms with E-state index >= 15 is 0 Å². The molecule has 3 rings (SSSR count). The van der Waals surface area contributed by atoms with Crippen molar-refractivity contribution in [2.75, 3.05) is 13.7 Å². The van der Waals surface area contributed by atoms with Crippen LogP contribution in [0.1, 0.15) is 24.2 Å². The van der Waals surface area contributed by atoms with Gasteiger partial charge in [0.2, 0.25) is 5.56 Å². The molecule has 2 atom stereocenters. The van der Waals surface area contributed by atoms with E-state index in [9.17, 15) is 15.0 Å². The number of pyridine rings is 1. The number of aromatic nitrogens is 1. The van der Waals surface area contributed by atoms with Gasteiger partial charge in [0.1, 0.15) is 11.5 Å². The number of hydrogen-bond acceptors (Lipinski definition) is 5. The molecule has 1 aromatic heterocycles. The van der Waals surface area contributed by atoms with Gasteiger partial charge in [-0.15, -0.1) is 0 Å². The fourth-order valence-corrected chi connectivity index (χ4v) is 3.16. The zero-order chi connectivity index (χ0) is 19.4. The molecule has 0 spiro atoms. The van der Waals surface area contributed by atoms with Crippen LogP contribution in [0.15, 0.2) is 53.3 Å². The summed E-state index contributed by atoms with van der Waals surface area (Å²) in [6, 6.07) is 14.2. The van der Waals surface area contributed by atoms with Crippen LogP contribution in [0.3, 0.4) is 0 Å². The van der Waals surface area contributed by atoms with Crippen molar-refractivity contribution in [3.8, 4) is 11.5 Å². The number of H-pyrrole nitrogens is 1. The topological polar surface area (TPSA) is 94.6 Å². The number of aliphatic hydroxyl groups excluding tert-OH is 1. The monoisotopic (exact) mass is 368 g/mol. The highest BCUT2D eigenvalue weighted by Gasteiger charge is 2.15. The number of benzene rings is 2. The summed E-state index contributed by atoms with van der Waals surface area (Å²) in [6.07, 6.45) is 0.0534. The van der Waals surface area contributed by atoms with E-state index in [0.29, 0.717) is 23.0 Å². The van der Waals surface area contributed by atoms with Gasteiger partial charge in [-0.1, -0.05) is 18.2 Å². The number of nitrogens with one attached hydrogen (secondary N) is 2. The molecule has 142 valence electrons. The molecule has 6 heteroatoms. The van der Waals surface area contributed by atoms with Crippen LogP contribution in [0, 0.1) is 0 Å². The second kappa shape index (κ2) is 8.24. The van der Waals surface area contributed by atoms with Gasteiger partial charge in [0, 0.05) is 24.0 Å². The first-order valence-corrected chi connectivity index (χ1v) is 8.87. The standard InChI is InChI=1S/C21H24N2O4/c1-13(11-14-3-5-15(27-2)6-4-14)22-12-19(25)16-7-9-18(24)21-17(16)8-10-20(26)23-21/h3-10,13,19,22,24-25H,11-12H2,1-2H3,(H,23,26)/t13-,19+/m0/s1. The Labute approximate surface area is 157 Å². The Morgan fingerprint density at radius 3 is 2.56 bits per heavy atom. The number of aromatic hydroxyl groups is 1. The van der Waals surface area contributed by atoms with Gasteiger partial charge >= 0.3 is 0 Å². The zero-order valence-corrected chi connectivity index (χ0v) is 15.4. The van der Waals surface area contributed by atoms with Crippen molar-refractivity contribution in [3.05, 3.63) is 70.0 Å². The summed E-state index contributed by atoms with van der Waals surface area (Å²) in [5.41, 5.74) is 1.88. The fourth-order valence-electron chi connectivity index (χ4n) is 3.16. The molecule has 1 heterocycles. The highest BCUT2D eigenvalue weighted by molar-refractivity contribution is 5.87. The van der Waals surface area contributed by atoms with E-state index in [0.717, 1.165) is 12.2 Å². The van der Waals surface area contributed by atoms with Crippen LogP contribution >= 0.6 is 0 Å². The summed E-state index contributed by atoms with van der Waals surface area (Å²) >= 11 is 0. The molecule has 3 aromatic rings. The third-order valence-electron chi connectivity index (χ3n) is 4.63. The molecule has 27 heavy (non-hydrogen) atoms. The first-order chi connectivity index (χ1) is 13.0. The number of aliphatic hydroxyl groups is 1. The van der Waals surface area contributed by atoms with E-state index in [-0.39, 0.29) is 17.4 Å². The average molecular weight is 368 g/mol. The molecule has 0 unspecified atom stereocenters. The van der Waals surface area contributed by atoms with Crippen LogP contribution in [0.2, 0.25) is 0 Å². The van der Waals surface area contributed by atoms with Gasteiger partial charge in [0.05, 0.1) is 18.7 Å². The minimum Gasteiger partial charge on any atom is -0.506 e. The van der Waals surface area contributed by atoms with Gasteiger partial charge in [0.15, 0.2) is 0 Å².